The Balaban J connectivity index is 1.74. The third kappa shape index (κ3) is 3.66. The molecule has 1 atom stereocenters. The first kappa shape index (κ1) is 17.1. The summed E-state index contributed by atoms with van der Waals surface area (Å²) in [7, 11) is 0. The lowest BCUT2D eigenvalue weighted by atomic mass is 10.2. The number of morpholine rings is 1. The summed E-state index contributed by atoms with van der Waals surface area (Å²) in [5.41, 5.74) is -3.49. The Morgan fingerprint density at radius 3 is 2.42 bits per heavy atom. The van der Waals surface area contributed by atoms with Crippen LogP contribution in [0.5, 0.6) is 5.75 Å². The molecule has 6 nitrogen and oxygen atoms in total. The summed E-state index contributed by atoms with van der Waals surface area (Å²) in [5, 5.41) is 0. The van der Waals surface area contributed by atoms with Crippen LogP contribution in [-0.4, -0.2) is 49.7 Å². The molecule has 2 heterocycles. The topological polar surface area (TPSA) is 60.3 Å². The zero-order valence-corrected chi connectivity index (χ0v) is 13.4. The van der Waals surface area contributed by atoms with E-state index in [0.29, 0.717) is 32.0 Å². The fraction of sp³-hybridized carbons (Fsp3) is 0.467. The van der Waals surface area contributed by atoms with E-state index in [4.69, 9.17) is 16.3 Å². The molecule has 1 unspecified atom stereocenters. The summed E-state index contributed by atoms with van der Waals surface area (Å²) in [6, 6.07) is 4.81. The molecule has 24 heavy (non-hydrogen) atoms. The second-order valence-corrected chi connectivity index (χ2v) is 6.08. The van der Waals surface area contributed by atoms with Crippen LogP contribution in [0.4, 0.5) is 14.5 Å². The molecule has 0 saturated carbocycles. The number of nitrogens with zero attached hydrogens (tertiary/aromatic N) is 1. The monoisotopic (exact) mass is 361 g/mol. The summed E-state index contributed by atoms with van der Waals surface area (Å²) in [5.74, 6) is -0.748. The fourth-order valence-corrected chi connectivity index (χ4v) is 3.09. The number of hydrogen-bond acceptors (Lipinski definition) is 4. The number of hydrogen-bond donors (Lipinski definition) is 1. The predicted octanol–water partition coefficient (Wildman–Crippen LogP) is 0.402. The molecule has 0 spiro atoms. The number of alkyl halides is 3. The third-order valence-corrected chi connectivity index (χ3v) is 4.18. The van der Waals surface area contributed by atoms with E-state index in [1.807, 2.05) is 0 Å². The minimum absolute atomic E-state index is 0.131. The number of rotatable bonds is 4. The number of carbonyl (C=O) groups excluding carboxylic acids is 2. The minimum Gasteiger partial charge on any atom is -0.420 e. The maximum atomic E-state index is 12.6. The highest BCUT2D eigenvalue weighted by Gasteiger charge is 2.46. The van der Waals surface area contributed by atoms with Crippen LogP contribution in [0.3, 0.4) is 0 Å². The van der Waals surface area contributed by atoms with Gasteiger partial charge in [0.15, 0.2) is 6.04 Å². The second kappa shape index (κ2) is 6.62. The van der Waals surface area contributed by atoms with Gasteiger partial charge in [0, 0.05) is 11.6 Å². The molecule has 0 aliphatic carbocycles. The highest BCUT2D eigenvalue weighted by Crippen LogP contribution is 2.28. The number of quaternary nitrogens is 1. The van der Waals surface area contributed by atoms with E-state index in [0.717, 1.165) is 9.80 Å². The number of benzene rings is 1. The number of ether oxygens (including phenoxy) is 2. The van der Waals surface area contributed by atoms with Gasteiger partial charge in [0.1, 0.15) is 18.8 Å². The molecule has 2 aliphatic heterocycles. The quantitative estimate of drug-likeness (QED) is 0.623. The first-order valence-electron chi connectivity index (χ1n) is 7.50. The van der Waals surface area contributed by atoms with Crippen molar-refractivity contribution >= 4 is 29.1 Å². The molecule has 2 saturated heterocycles. The van der Waals surface area contributed by atoms with Crippen molar-refractivity contribution < 1.29 is 32.7 Å². The van der Waals surface area contributed by atoms with E-state index in [-0.39, 0.29) is 24.0 Å². The van der Waals surface area contributed by atoms with Crippen LogP contribution in [0.15, 0.2) is 24.3 Å². The molecule has 2 amide bonds. The zero-order chi connectivity index (χ0) is 17.3. The Bertz CT molecular complexity index is 629. The van der Waals surface area contributed by atoms with Gasteiger partial charge in [0.25, 0.3) is 5.91 Å². The summed E-state index contributed by atoms with van der Waals surface area (Å²) >= 11 is 4.70. The van der Waals surface area contributed by atoms with Crippen LogP contribution in [0.25, 0.3) is 0 Å². The average molecular weight is 362 g/mol. The van der Waals surface area contributed by atoms with E-state index in [9.17, 15) is 18.4 Å². The van der Waals surface area contributed by atoms with Crippen molar-refractivity contribution in [2.24, 2.45) is 0 Å². The van der Waals surface area contributed by atoms with Gasteiger partial charge in [0.2, 0.25) is 5.91 Å². The maximum Gasteiger partial charge on any atom is 0.487 e. The fourth-order valence-electron chi connectivity index (χ4n) is 3.00. The van der Waals surface area contributed by atoms with Crippen molar-refractivity contribution in [2.45, 2.75) is 18.0 Å². The van der Waals surface area contributed by atoms with E-state index < -0.39 is 11.6 Å². The highest BCUT2D eigenvalue weighted by molar-refractivity contribution is 6.22. The van der Waals surface area contributed by atoms with Crippen LogP contribution in [-0.2, 0) is 14.3 Å². The number of imide groups is 1. The van der Waals surface area contributed by atoms with Crippen LogP contribution in [0, 0.1) is 0 Å². The molecule has 130 valence electrons. The van der Waals surface area contributed by atoms with Crippen LogP contribution in [0.2, 0.25) is 0 Å². The molecule has 2 fully saturated rings. The normalized spacial score (nSPS) is 23.0. The van der Waals surface area contributed by atoms with Gasteiger partial charge in [-0.15, -0.1) is 8.78 Å². The Morgan fingerprint density at radius 1 is 1.21 bits per heavy atom. The number of amides is 2. The molecular weight excluding hydrogens is 346 g/mol. The highest BCUT2D eigenvalue weighted by atomic mass is 35.5. The van der Waals surface area contributed by atoms with Gasteiger partial charge in [-0.05, 0) is 24.3 Å². The number of nitrogens with one attached hydrogen (secondary N) is 1. The maximum absolute atomic E-state index is 12.6. The molecule has 0 radical (unpaired) electrons. The number of halogens is 3. The molecule has 3 rings (SSSR count). The Labute approximate surface area is 141 Å². The van der Waals surface area contributed by atoms with E-state index >= 15 is 0 Å². The molecule has 9 heteroatoms. The van der Waals surface area contributed by atoms with Crippen molar-refractivity contribution in [1.29, 1.82) is 0 Å². The van der Waals surface area contributed by atoms with Crippen LogP contribution in [0.1, 0.15) is 6.42 Å². The lowest BCUT2D eigenvalue weighted by Gasteiger charge is -2.27. The molecule has 2 aliphatic rings. The van der Waals surface area contributed by atoms with E-state index in [1.165, 1.54) is 24.3 Å². The molecule has 1 aromatic carbocycles. The lowest BCUT2D eigenvalue weighted by molar-refractivity contribution is -0.922. The standard InChI is InChI=1S/C15H15ClF2N2O4/c16-15(17,18)24-11-3-1-10(2-4-11)20-13(21)9-12(14(20)22)19-5-7-23-8-6-19/h1-4,12H,5-9H2/p+1. The molecule has 1 aromatic rings. The van der Waals surface area contributed by atoms with Crippen LogP contribution >= 0.6 is 11.6 Å². The Morgan fingerprint density at radius 2 is 1.83 bits per heavy atom. The average Bonchev–Trinajstić information content (AvgIpc) is 2.83. The lowest BCUT2D eigenvalue weighted by Crippen LogP contribution is -3.18. The van der Waals surface area contributed by atoms with Gasteiger partial charge in [-0.25, -0.2) is 4.90 Å². The van der Waals surface area contributed by atoms with Gasteiger partial charge in [-0.2, -0.15) is 0 Å². The van der Waals surface area contributed by atoms with Gasteiger partial charge < -0.3 is 14.4 Å². The number of carbonyl (C=O) groups is 2. The Kier molecular flexibility index (Phi) is 4.71. The summed E-state index contributed by atoms with van der Waals surface area (Å²) in [6.07, 6.45) is 0.131. The van der Waals surface area contributed by atoms with Crippen molar-refractivity contribution in [3.63, 3.8) is 0 Å². The predicted molar refractivity (Wildman–Crippen MR) is 80.3 cm³/mol. The SMILES string of the molecule is O=C1CC([NH+]2CCOCC2)C(=O)N1c1ccc(OC(F)(F)Cl)cc1. The Hall–Kier alpha value is -1.77. The van der Waals surface area contributed by atoms with E-state index in [2.05, 4.69) is 4.74 Å². The van der Waals surface area contributed by atoms with Gasteiger partial charge in [-0.1, -0.05) is 0 Å². The second-order valence-electron chi connectivity index (χ2n) is 5.64. The first-order valence-corrected chi connectivity index (χ1v) is 7.88. The van der Waals surface area contributed by atoms with Crippen molar-refractivity contribution in [3.8, 4) is 5.75 Å². The van der Waals surface area contributed by atoms with Crippen LogP contribution < -0.4 is 14.5 Å². The molecule has 0 aromatic heterocycles. The van der Waals surface area contributed by atoms with Crippen molar-refractivity contribution in [3.05, 3.63) is 24.3 Å². The minimum atomic E-state index is -3.81. The molecule has 0 bridgehead atoms. The number of anilines is 1. The smallest absolute Gasteiger partial charge is 0.420 e. The van der Waals surface area contributed by atoms with Crippen molar-refractivity contribution in [2.75, 3.05) is 31.2 Å². The first-order chi connectivity index (χ1) is 11.3. The summed E-state index contributed by atoms with van der Waals surface area (Å²) in [6.45, 7) is 2.47. The molecule has 1 N–H and O–H groups in total. The van der Waals surface area contributed by atoms with E-state index in [1.54, 1.807) is 0 Å². The summed E-state index contributed by atoms with van der Waals surface area (Å²) < 4.78 is 34.7. The largest absolute Gasteiger partial charge is 0.487 e. The summed E-state index contributed by atoms with van der Waals surface area (Å²) in [4.78, 5) is 27.0. The third-order valence-electron chi connectivity index (χ3n) is 4.10. The van der Waals surface area contributed by atoms with Gasteiger partial charge in [-0.3, -0.25) is 9.59 Å². The van der Waals surface area contributed by atoms with Gasteiger partial charge >= 0.3 is 5.57 Å². The molecular formula is C15H16ClF2N2O4+. The van der Waals surface area contributed by atoms with Crippen molar-refractivity contribution in [1.82, 2.24) is 0 Å². The zero-order valence-electron chi connectivity index (χ0n) is 12.6. The van der Waals surface area contributed by atoms with Gasteiger partial charge in [0.05, 0.1) is 25.3 Å².